The summed E-state index contributed by atoms with van der Waals surface area (Å²) in [7, 11) is 1.96. The van der Waals surface area contributed by atoms with Crippen molar-refractivity contribution in [3.05, 3.63) is 46.9 Å². The second-order valence-electron chi connectivity index (χ2n) is 11.6. The molecule has 1 aromatic rings. The lowest BCUT2D eigenvalue weighted by molar-refractivity contribution is -0.138. The predicted octanol–water partition coefficient (Wildman–Crippen LogP) is 5.44. The van der Waals surface area contributed by atoms with E-state index in [1.165, 1.54) is 17.3 Å². The van der Waals surface area contributed by atoms with E-state index in [0.29, 0.717) is 29.7 Å². The normalized spacial score (nSPS) is 38.0. The maximum atomic E-state index is 14.0. The van der Waals surface area contributed by atoms with Gasteiger partial charge in [-0.25, -0.2) is 4.39 Å². The number of benzene rings is 1. The van der Waals surface area contributed by atoms with Crippen molar-refractivity contribution >= 4 is 11.8 Å². The van der Waals surface area contributed by atoms with Crippen molar-refractivity contribution in [2.45, 2.75) is 72.3 Å². The van der Waals surface area contributed by atoms with Crippen LogP contribution in [0.25, 0.3) is 0 Å². The van der Waals surface area contributed by atoms with E-state index in [-0.39, 0.29) is 40.9 Å². The van der Waals surface area contributed by atoms with Crippen LogP contribution in [-0.4, -0.2) is 23.8 Å². The fourth-order valence-electron chi connectivity index (χ4n) is 8.49. The molecular formula is C28H37FN2O2. The van der Waals surface area contributed by atoms with Gasteiger partial charge in [-0.15, -0.1) is 0 Å². The number of likely N-dealkylation sites (tertiary alicyclic amines) is 1. The summed E-state index contributed by atoms with van der Waals surface area (Å²) in [5.74, 6) is 1.72. The Morgan fingerprint density at radius 2 is 1.91 bits per heavy atom. The Hall–Kier alpha value is -2.17. The molecule has 4 aliphatic rings. The monoisotopic (exact) mass is 452 g/mol. The van der Waals surface area contributed by atoms with E-state index in [9.17, 15) is 14.0 Å². The molecule has 3 aliphatic carbocycles. The topological polar surface area (TPSA) is 49.4 Å². The number of hydrogen-bond donors (Lipinski definition) is 1. The summed E-state index contributed by atoms with van der Waals surface area (Å²) in [6.45, 7) is 7.19. The van der Waals surface area contributed by atoms with E-state index in [1.807, 2.05) is 18.0 Å². The van der Waals surface area contributed by atoms with Crippen LogP contribution in [0.3, 0.4) is 0 Å². The Bertz CT molecular complexity index is 1020. The first-order valence-corrected chi connectivity index (χ1v) is 12.6. The van der Waals surface area contributed by atoms with Crippen LogP contribution in [0.4, 0.5) is 4.39 Å². The molecule has 1 aliphatic heterocycles. The molecular weight excluding hydrogens is 415 g/mol. The third kappa shape index (κ3) is 3.37. The van der Waals surface area contributed by atoms with E-state index < -0.39 is 0 Å². The van der Waals surface area contributed by atoms with Crippen molar-refractivity contribution in [2.24, 2.45) is 34.5 Å². The number of amides is 2. The van der Waals surface area contributed by atoms with Crippen LogP contribution < -0.4 is 5.32 Å². The third-order valence-corrected chi connectivity index (χ3v) is 10.0. The number of nitrogens with zero attached hydrogens (tertiary/aromatic N) is 1. The lowest BCUT2D eigenvalue weighted by atomic mass is 9.48. The number of allylic oxidation sites excluding steroid dienone is 2. The lowest BCUT2D eigenvalue weighted by Crippen LogP contribution is -2.55. The second kappa shape index (κ2) is 7.95. The van der Waals surface area contributed by atoms with Gasteiger partial charge in [-0.3, -0.25) is 9.59 Å². The number of piperidine rings is 1. The average Bonchev–Trinajstić information content (AvgIpc) is 3.13. The van der Waals surface area contributed by atoms with Crippen LogP contribution in [0.2, 0.25) is 0 Å². The van der Waals surface area contributed by atoms with E-state index in [2.05, 4.69) is 26.1 Å². The molecule has 5 rings (SSSR count). The van der Waals surface area contributed by atoms with Gasteiger partial charge >= 0.3 is 0 Å². The molecule has 0 aromatic heterocycles. The molecule has 0 spiro atoms. The van der Waals surface area contributed by atoms with Gasteiger partial charge in [0, 0.05) is 42.6 Å². The zero-order chi connectivity index (χ0) is 23.5. The van der Waals surface area contributed by atoms with Crippen molar-refractivity contribution in [3.8, 4) is 0 Å². The molecule has 1 saturated heterocycles. The minimum atomic E-state index is -0.265. The van der Waals surface area contributed by atoms with Crippen molar-refractivity contribution in [1.29, 1.82) is 0 Å². The minimum absolute atomic E-state index is 0.00891. The number of fused-ring (bicyclic) bond motifs is 5. The summed E-state index contributed by atoms with van der Waals surface area (Å²) >= 11 is 0. The lowest BCUT2D eigenvalue weighted by Gasteiger charge is -2.59. The second-order valence-corrected chi connectivity index (χ2v) is 11.6. The number of hydrogen-bond acceptors (Lipinski definition) is 2. The smallest absolute Gasteiger partial charge is 0.226 e. The van der Waals surface area contributed by atoms with Crippen LogP contribution in [0.1, 0.15) is 71.3 Å². The Morgan fingerprint density at radius 3 is 2.67 bits per heavy atom. The summed E-state index contributed by atoms with van der Waals surface area (Å²) in [6.07, 6.45) is 6.79. The van der Waals surface area contributed by atoms with Crippen molar-refractivity contribution in [1.82, 2.24) is 10.2 Å². The molecule has 2 amide bonds. The van der Waals surface area contributed by atoms with Gasteiger partial charge in [0.2, 0.25) is 11.8 Å². The number of carbonyl (C=O) groups is 2. The van der Waals surface area contributed by atoms with Crippen molar-refractivity contribution in [3.63, 3.8) is 0 Å². The Balaban J connectivity index is 1.37. The van der Waals surface area contributed by atoms with E-state index in [4.69, 9.17) is 0 Å². The molecule has 6 atom stereocenters. The molecule has 2 saturated carbocycles. The SMILES string of the molecule is CC1=C2N(C)C(=O)CC[C@]2(C)[C@H]2CC[C@]3(C)[C@@H](C(=O)NCc4ccccc4F)CC[C@H]3[C@@H]2C1. The first kappa shape index (κ1) is 22.6. The standard InChI is InChI=1S/C28H37FN2O2/c1-17-15-19-20-9-10-22(26(33)30-16-18-7-5-6-8-23(18)29)27(20,2)13-11-21(19)28(3)14-12-24(32)31(4)25(17)28/h5-8,19-22H,9-16H2,1-4H3,(H,30,33)/t19-,20-,21-,22+,27-,28+/m0/s1. The number of carbonyl (C=O) groups excluding carboxylic acids is 2. The van der Waals surface area contributed by atoms with Crippen LogP contribution in [0.15, 0.2) is 35.5 Å². The highest BCUT2D eigenvalue weighted by Crippen LogP contribution is 2.66. The van der Waals surface area contributed by atoms with Gasteiger partial charge in [0.25, 0.3) is 0 Å². The first-order chi connectivity index (χ1) is 15.7. The number of rotatable bonds is 3. The van der Waals surface area contributed by atoms with Crippen molar-refractivity contribution < 1.29 is 14.0 Å². The molecule has 0 bridgehead atoms. The summed E-state index contributed by atoms with van der Waals surface area (Å²) in [5, 5.41) is 3.05. The summed E-state index contributed by atoms with van der Waals surface area (Å²) < 4.78 is 14.0. The van der Waals surface area contributed by atoms with E-state index in [1.54, 1.807) is 12.1 Å². The van der Waals surface area contributed by atoms with Crippen molar-refractivity contribution in [2.75, 3.05) is 7.05 Å². The van der Waals surface area contributed by atoms with E-state index >= 15 is 0 Å². The van der Waals surface area contributed by atoms with E-state index in [0.717, 1.165) is 38.5 Å². The molecule has 3 fully saturated rings. The number of halogens is 1. The molecule has 1 aromatic carbocycles. The first-order valence-electron chi connectivity index (χ1n) is 12.6. The quantitative estimate of drug-likeness (QED) is 0.664. The van der Waals surface area contributed by atoms with Gasteiger partial charge < -0.3 is 10.2 Å². The summed E-state index contributed by atoms with van der Waals surface area (Å²) in [4.78, 5) is 27.7. The third-order valence-electron chi connectivity index (χ3n) is 10.0. The Kier molecular flexibility index (Phi) is 5.45. The molecule has 5 heteroatoms. The maximum Gasteiger partial charge on any atom is 0.226 e. The van der Waals surface area contributed by atoms with Gasteiger partial charge in [0.15, 0.2) is 0 Å². The highest BCUT2D eigenvalue weighted by molar-refractivity contribution is 5.80. The molecule has 0 unspecified atom stereocenters. The molecule has 33 heavy (non-hydrogen) atoms. The highest BCUT2D eigenvalue weighted by atomic mass is 19.1. The number of nitrogens with one attached hydrogen (secondary N) is 1. The van der Waals surface area contributed by atoms with Gasteiger partial charge in [-0.2, -0.15) is 0 Å². The van der Waals surface area contributed by atoms with Gasteiger partial charge in [-0.05, 0) is 74.7 Å². The van der Waals surface area contributed by atoms with Gasteiger partial charge in [0.1, 0.15) is 5.82 Å². The minimum Gasteiger partial charge on any atom is -0.352 e. The van der Waals surface area contributed by atoms with Crippen LogP contribution in [0, 0.1) is 40.3 Å². The fourth-order valence-corrected chi connectivity index (χ4v) is 8.49. The van der Waals surface area contributed by atoms with Crippen LogP contribution in [0.5, 0.6) is 0 Å². The Labute approximate surface area is 197 Å². The zero-order valence-electron chi connectivity index (χ0n) is 20.4. The summed E-state index contributed by atoms with van der Waals surface area (Å²) in [6, 6.07) is 6.66. The van der Waals surface area contributed by atoms with Crippen LogP contribution >= 0.6 is 0 Å². The van der Waals surface area contributed by atoms with Gasteiger partial charge in [0.05, 0.1) is 0 Å². The Morgan fingerprint density at radius 1 is 1.15 bits per heavy atom. The largest absolute Gasteiger partial charge is 0.352 e. The highest BCUT2D eigenvalue weighted by Gasteiger charge is 2.61. The van der Waals surface area contributed by atoms with Gasteiger partial charge in [-0.1, -0.05) is 37.6 Å². The summed E-state index contributed by atoms with van der Waals surface area (Å²) in [5.41, 5.74) is 3.23. The van der Waals surface area contributed by atoms with Crippen LogP contribution in [-0.2, 0) is 16.1 Å². The molecule has 178 valence electrons. The molecule has 1 N–H and O–H groups in total. The average molecular weight is 453 g/mol. The molecule has 1 heterocycles. The maximum absolute atomic E-state index is 14.0. The predicted molar refractivity (Wildman–Crippen MR) is 126 cm³/mol. The fraction of sp³-hybridized carbons (Fsp3) is 0.643. The molecule has 0 radical (unpaired) electrons. The molecule has 4 nitrogen and oxygen atoms in total. The zero-order valence-corrected chi connectivity index (χ0v) is 20.4.